The van der Waals surface area contributed by atoms with Crippen molar-refractivity contribution >= 4 is 0 Å². The molecule has 108 valence electrons. The Bertz CT molecular complexity index is 563. The summed E-state index contributed by atoms with van der Waals surface area (Å²) >= 11 is 0. The molecular formula is C16H22N2O2. The number of ether oxygens (including phenoxy) is 1. The van der Waals surface area contributed by atoms with Gasteiger partial charge >= 0.3 is 0 Å². The van der Waals surface area contributed by atoms with E-state index in [0.717, 1.165) is 30.2 Å². The normalized spacial score (nSPS) is 11.1. The first-order valence-electron chi connectivity index (χ1n) is 6.71. The third kappa shape index (κ3) is 3.40. The number of hydrogen-bond donors (Lipinski definition) is 1. The summed E-state index contributed by atoms with van der Waals surface area (Å²) in [5.41, 5.74) is 9.24. The third-order valence-electron chi connectivity index (χ3n) is 3.42. The van der Waals surface area contributed by atoms with Crippen molar-refractivity contribution in [3.05, 3.63) is 53.0 Å². The van der Waals surface area contributed by atoms with E-state index in [9.17, 15) is 0 Å². The van der Waals surface area contributed by atoms with Crippen LogP contribution in [0.15, 0.2) is 34.9 Å². The van der Waals surface area contributed by atoms with Crippen molar-refractivity contribution in [3.63, 3.8) is 0 Å². The predicted molar refractivity (Wildman–Crippen MR) is 79.5 cm³/mol. The van der Waals surface area contributed by atoms with Crippen LogP contribution < -0.4 is 10.5 Å². The van der Waals surface area contributed by atoms with Crippen molar-refractivity contribution in [3.8, 4) is 5.75 Å². The fourth-order valence-electron chi connectivity index (χ4n) is 2.32. The highest BCUT2D eigenvalue weighted by atomic mass is 16.5. The van der Waals surface area contributed by atoms with Crippen molar-refractivity contribution in [2.24, 2.45) is 5.73 Å². The summed E-state index contributed by atoms with van der Waals surface area (Å²) < 4.78 is 10.6. The molecule has 1 heterocycles. The number of nitrogens with zero attached hydrogens (tertiary/aromatic N) is 1. The Morgan fingerprint density at radius 1 is 1.20 bits per heavy atom. The van der Waals surface area contributed by atoms with Crippen LogP contribution in [0.1, 0.15) is 22.5 Å². The summed E-state index contributed by atoms with van der Waals surface area (Å²) in [5, 5.41) is 0. The van der Waals surface area contributed by atoms with Crippen LogP contribution in [0.4, 0.5) is 0 Å². The second-order valence-electron chi connectivity index (χ2n) is 5.02. The standard InChI is InChI=1S/C16H22N2O2/c1-12-14(6-7-20-12)11-18(2)10-13-4-5-16(19-3)15(8-13)9-17/h4-8H,9-11,17H2,1-3H3. The molecule has 0 spiro atoms. The number of aryl methyl sites for hydroxylation is 1. The molecule has 20 heavy (non-hydrogen) atoms. The van der Waals surface area contributed by atoms with Crippen molar-refractivity contribution in [2.75, 3.05) is 14.2 Å². The fraction of sp³-hybridized carbons (Fsp3) is 0.375. The number of furan rings is 1. The van der Waals surface area contributed by atoms with E-state index < -0.39 is 0 Å². The zero-order chi connectivity index (χ0) is 14.5. The van der Waals surface area contributed by atoms with Gasteiger partial charge in [0.2, 0.25) is 0 Å². The van der Waals surface area contributed by atoms with Gasteiger partial charge in [-0.25, -0.2) is 0 Å². The maximum atomic E-state index is 5.75. The molecule has 2 aromatic rings. The Morgan fingerprint density at radius 3 is 2.60 bits per heavy atom. The molecule has 0 aliphatic rings. The van der Waals surface area contributed by atoms with Gasteiger partial charge in [-0.05, 0) is 37.7 Å². The minimum atomic E-state index is 0.488. The summed E-state index contributed by atoms with van der Waals surface area (Å²) in [6.45, 7) is 4.21. The van der Waals surface area contributed by atoms with Crippen LogP contribution in [0.3, 0.4) is 0 Å². The smallest absolute Gasteiger partial charge is 0.123 e. The fourth-order valence-corrected chi connectivity index (χ4v) is 2.32. The highest BCUT2D eigenvalue weighted by Crippen LogP contribution is 2.20. The number of nitrogens with two attached hydrogens (primary N) is 1. The zero-order valence-corrected chi connectivity index (χ0v) is 12.3. The van der Waals surface area contributed by atoms with E-state index in [-0.39, 0.29) is 0 Å². The lowest BCUT2D eigenvalue weighted by Crippen LogP contribution is -2.17. The van der Waals surface area contributed by atoms with Gasteiger partial charge < -0.3 is 14.9 Å². The van der Waals surface area contributed by atoms with Crippen LogP contribution in [0.25, 0.3) is 0 Å². The van der Waals surface area contributed by atoms with Crippen molar-refractivity contribution in [1.82, 2.24) is 4.90 Å². The van der Waals surface area contributed by atoms with Gasteiger partial charge in [0.1, 0.15) is 11.5 Å². The molecule has 0 unspecified atom stereocenters. The largest absolute Gasteiger partial charge is 0.496 e. The summed E-state index contributed by atoms with van der Waals surface area (Å²) in [6.07, 6.45) is 1.73. The van der Waals surface area contributed by atoms with E-state index in [0.29, 0.717) is 6.54 Å². The minimum Gasteiger partial charge on any atom is -0.496 e. The molecule has 0 radical (unpaired) electrons. The highest BCUT2D eigenvalue weighted by Gasteiger charge is 2.08. The van der Waals surface area contributed by atoms with Crippen molar-refractivity contribution < 1.29 is 9.15 Å². The first-order valence-corrected chi connectivity index (χ1v) is 6.71. The molecule has 0 atom stereocenters. The van der Waals surface area contributed by atoms with E-state index in [2.05, 4.69) is 24.1 Å². The van der Waals surface area contributed by atoms with Crippen LogP contribution in [-0.2, 0) is 19.6 Å². The van der Waals surface area contributed by atoms with E-state index in [1.165, 1.54) is 11.1 Å². The maximum Gasteiger partial charge on any atom is 0.123 e. The predicted octanol–water partition coefficient (Wildman–Crippen LogP) is 2.69. The van der Waals surface area contributed by atoms with Gasteiger partial charge in [-0.1, -0.05) is 6.07 Å². The number of rotatable bonds is 6. The summed E-state index contributed by atoms with van der Waals surface area (Å²) in [7, 11) is 3.76. The first-order chi connectivity index (χ1) is 9.63. The van der Waals surface area contributed by atoms with Gasteiger partial charge in [-0.15, -0.1) is 0 Å². The second kappa shape index (κ2) is 6.59. The number of methoxy groups -OCH3 is 1. The lowest BCUT2D eigenvalue weighted by Gasteiger charge is -2.17. The van der Waals surface area contributed by atoms with E-state index in [4.69, 9.17) is 14.9 Å². The van der Waals surface area contributed by atoms with Crippen molar-refractivity contribution in [2.45, 2.75) is 26.6 Å². The SMILES string of the molecule is COc1ccc(CN(C)Cc2ccoc2C)cc1CN. The molecule has 0 amide bonds. The quantitative estimate of drug-likeness (QED) is 0.880. The minimum absolute atomic E-state index is 0.488. The van der Waals surface area contributed by atoms with Crippen LogP contribution in [0, 0.1) is 6.92 Å². The first kappa shape index (κ1) is 14.6. The van der Waals surface area contributed by atoms with Gasteiger partial charge in [-0.2, -0.15) is 0 Å². The second-order valence-corrected chi connectivity index (χ2v) is 5.02. The third-order valence-corrected chi connectivity index (χ3v) is 3.42. The van der Waals surface area contributed by atoms with Crippen molar-refractivity contribution in [1.29, 1.82) is 0 Å². The molecule has 0 aliphatic carbocycles. The summed E-state index contributed by atoms with van der Waals surface area (Å²) in [6, 6.07) is 8.19. The molecule has 0 fully saturated rings. The highest BCUT2D eigenvalue weighted by molar-refractivity contribution is 5.37. The molecule has 1 aromatic heterocycles. The molecule has 0 saturated heterocycles. The van der Waals surface area contributed by atoms with E-state index >= 15 is 0 Å². The van der Waals surface area contributed by atoms with Gasteiger partial charge in [0.05, 0.1) is 13.4 Å². The van der Waals surface area contributed by atoms with Crippen LogP contribution in [0.2, 0.25) is 0 Å². The summed E-state index contributed by atoms with van der Waals surface area (Å²) in [5.74, 6) is 1.83. The topological polar surface area (TPSA) is 51.6 Å². The van der Waals surface area contributed by atoms with Gasteiger partial charge in [0.15, 0.2) is 0 Å². The zero-order valence-electron chi connectivity index (χ0n) is 12.3. The molecule has 2 N–H and O–H groups in total. The van der Waals surface area contributed by atoms with Crippen LogP contribution in [-0.4, -0.2) is 19.1 Å². The Hall–Kier alpha value is -1.78. The average Bonchev–Trinajstić information content (AvgIpc) is 2.84. The molecule has 2 rings (SSSR count). The number of benzene rings is 1. The van der Waals surface area contributed by atoms with Gasteiger partial charge in [0.25, 0.3) is 0 Å². The number of hydrogen-bond acceptors (Lipinski definition) is 4. The molecule has 0 aliphatic heterocycles. The average molecular weight is 274 g/mol. The van der Waals surface area contributed by atoms with E-state index in [1.807, 2.05) is 19.1 Å². The molecular weight excluding hydrogens is 252 g/mol. The summed E-state index contributed by atoms with van der Waals surface area (Å²) in [4.78, 5) is 2.25. The Labute approximate surface area is 120 Å². The molecule has 4 heteroatoms. The molecule has 0 saturated carbocycles. The van der Waals surface area contributed by atoms with Gasteiger partial charge in [0, 0.05) is 30.8 Å². The Morgan fingerprint density at radius 2 is 2.00 bits per heavy atom. The lowest BCUT2D eigenvalue weighted by molar-refractivity contribution is 0.316. The van der Waals surface area contributed by atoms with Crippen LogP contribution >= 0.6 is 0 Å². The molecule has 1 aromatic carbocycles. The van der Waals surface area contributed by atoms with Crippen LogP contribution in [0.5, 0.6) is 5.75 Å². The Balaban J connectivity index is 2.04. The molecule has 0 bridgehead atoms. The van der Waals surface area contributed by atoms with Gasteiger partial charge in [-0.3, -0.25) is 4.90 Å². The van der Waals surface area contributed by atoms with E-state index in [1.54, 1.807) is 13.4 Å². The maximum absolute atomic E-state index is 5.75. The lowest BCUT2D eigenvalue weighted by atomic mass is 10.1. The molecule has 4 nitrogen and oxygen atoms in total. The monoisotopic (exact) mass is 274 g/mol. The Kier molecular flexibility index (Phi) is 4.82.